The fourth-order valence-corrected chi connectivity index (χ4v) is 3.65. The Balaban J connectivity index is 1.52. The summed E-state index contributed by atoms with van der Waals surface area (Å²) in [5.74, 6) is 0.748. The van der Waals surface area contributed by atoms with Gasteiger partial charge in [-0.25, -0.2) is 9.48 Å². The van der Waals surface area contributed by atoms with Crippen molar-refractivity contribution in [1.82, 2.24) is 20.0 Å². The Bertz CT molecular complexity index is 717. The SMILES string of the molecule is Cc1nn(-c2ccccc2)cc1NC(=O)NC1CCC(CN(C)C)CC1. The molecule has 0 aliphatic heterocycles. The Kier molecular flexibility index (Phi) is 5.93. The number of rotatable bonds is 5. The Labute approximate surface area is 155 Å². The van der Waals surface area contributed by atoms with Crippen LogP contribution in [-0.4, -0.2) is 47.4 Å². The van der Waals surface area contributed by atoms with Crippen LogP contribution in [0.4, 0.5) is 10.5 Å². The minimum absolute atomic E-state index is 0.142. The molecule has 2 amide bonds. The Hall–Kier alpha value is -2.34. The molecule has 26 heavy (non-hydrogen) atoms. The van der Waals surface area contributed by atoms with Gasteiger partial charge in [0.2, 0.25) is 0 Å². The van der Waals surface area contributed by atoms with Crippen LogP contribution in [0.25, 0.3) is 5.69 Å². The Morgan fingerprint density at radius 3 is 2.54 bits per heavy atom. The second kappa shape index (κ2) is 8.36. The number of aryl methyl sites for hydroxylation is 1. The van der Waals surface area contributed by atoms with Crippen LogP contribution >= 0.6 is 0 Å². The number of carbonyl (C=O) groups excluding carboxylic acids is 1. The predicted octanol–water partition coefficient (Wildman–Crippen LogP) is 3.42. The van der Waals surface area contributed by atoms with Crippen molar-refractivity contribution in [3.63, 3.8) is 0 Å². The number of hydrogen-bond donors (Lipinski definition) is 2. The third-order valence-corrected chi connectivity index (χ3v) is 4.97. The van der Waals surface area contributed by atoms with Crippen molar-refractivity contribution in [2.24, 2.45) is 5.92 Å². The maximum atomic E-state index is 12.4. The third kappa shape index (κ3) is 4.85. The molecule has 3 rings (SSSR count). The van der Waals surface area contributed by atoms with Gasteiger partial charge in [-0.2, -0.15) is 5.10 Å². The van der Waals surface area contributed by atoms with Crippen LogP contribution in [-0.2, 0) is 0 Å². The van der Waals surface area contributed by atoms with E-state index < -0.39 is 0 Å². The molecule has 2 aromatic rings. The summed E-state index contributed by atoms with van der Waals surface area (Å²) in [7, 11) is 4.24. The molecule has 6 heteroatoms. The first-order chi connectivity index (χ1) is 12.5. The van der Waals surface area contributed by atoms with Gasteiger partial charge in [0.25, 0.3) is 0 Å². The number of benzene rings is 1. The molecule has 1 heterocycles. The highest BCUT2D eigenvalue weighted by Crippen LogP contribution is 2.25. The van der Waals surface area contributed by atoms with Gasteiger partial charge in [-0.15, -0.1) is 0 Å². The zero-order chi connectivity index (χ0) is 18.5. The van der Waals surface area contributed by atoms with E-state index in [2.05, 4.69) is 34.7 Å². The molecule has 1 aromatic heterocycles. The summed E-state index contributed by atoms with van der Waals surface area (Å²) in [5, 5.41) is 10.6. The first kappa shape index (κ1) is 18.5. The Morgan fingerprint density at radius 2 is 1.88 bits per heavy atom. The van der Waals surface area contributed by atoms with Gasteiger partial charge in [0, 0.05) is 12.6 Å². The van der Waals surface area contributed by atoms with Crippen molar-refractivity contribution in [3.8, 4) is 5.69 Å². The highest BCUT2D eigenvalue weighted by molar-refractivity contribution is 5.89. The van der Waals surface area contributed by atoms with Crippen LogP contribution in [0.2, 0.25) is 0 Å². The van der Waals surface area contributed by atoms with Gasteiger partial charge >= 0.3 is 6.03 Å². The Morgan fingerprint density at radius 1 is 1.19 bits per heavy atom. The van der Waals surface area contributed by atoms with E-state index in [4.69, 9.17) is 0 Å². The second-order valence-electron chi connectivity index (χ2n) is 7.49. The lowest BCUT2D eigenvalue weighted by molar-refractivity contribution is 0.223. The maximum absolute atomic E-state index is 12.4. The molecule has 1 aliphatic rings. The van der Waals surface area contributed by atoms with Crippen LogP contribution < -0.4 is 10.6 Å². The summed E-state index contributed by atoms with van der Waals surface area (Å²) in [4.78, 5) is 14.6. The molecule has 0 unspecified atom stereocenters. The third-order valence-electron chi connectivity index (χ3n) is 4.97. The average Bonchev–Trinajstić information content (AvgIpc) is 2.97. The standard InChI is InChI=1S/C20H29N5O/c1-15-19(14-25(23-15)18-7-5-4-6-8-18)22-20(26)21-17-11-9-16(10-12-17)13-24(2)3/h4-8,14,16-17H,9-13H2,1-3H3,(H2,21,22,26). The quantitative estimate of drug-likeness (QED) is 0.864. The normalized spacial score (nSPS) is 20.2. The number of urea groups is 1. The summed E-state index contributed by atoms with van der Waals surface area (Å²) in [6.45, 7) is 3.04. The zero-order valence-electron chi connectivity index (χ0n) is 15.9. The maximum Gasteiger partial charge on any atom is 0.319 e. The van der Waals surface area contributed by atoms with E-state index in [1.54, 1.807) is 4.68 Å². The number of anilines is 1. The summed E-state index contributed by atoms with van der Waals surface area (Å²) >= 11 is 0. The number of nitrogens with one attached hydrogen (secondary N) is 2. The second-order valence-corrected chi connectivity index (χ2v) is 7.49. The van der Waals surface area contributed by atoms with E-state index in [-0.39, 0.29) is 12.1 Å². The van der Waals surface area contributed by atoms with E-state index in [1.807, 2.05) is 43.5 Å². The predicted molar refractivity (Wildman–Crippen MR) is 105 cm³/mol. The molecule has 6 nitrogen and oxygen atoms in total. The molecule has 0 bridgehead atoms. The number of aromatic nitrogens is 2. The summed E-state index contributed by atoms with van der Waals surface area (Å²) in [6.07, 6.45) is 6.31. The number of amides is 2. The van der Waals surface area contributed by atoms with Crippen molar-refractivity contribution in [3.05, 3.63) is 42.2 Å². The van der Waals surface area contributed by atoms with E-state index in [0.29, 0.717) is 0 Å². The lowest BCUT2D eigenvalue weighted by Crippen LogP contribution is -2.41. The summed E-state index contributed by atoms with van der Waals surface area (Å²) < 4.78 is 1.79. The van der Waals surface area contributed by atoms with Crippen molar-refractivity contribution in [2.75, 3.05) is 26.0 Å². The van der Waals surface area contributed by atoms with Gasteiger partial charge in [0.15, 0.2) is 0 Å². The van der Waals surface area contributed by atoms with Crippen LogP contribution in [0.5, 0.6) is 0 Å². The first-order valence-electron chi connectivity index (χ1n) is 9.35. The van der Waals surface area contributed by atoms with Crippen LogP contribution in [0, 0.1) is 12.8 Å². The first-order valence-corrected chi connectivity index (χ1v) is 9.35. The number of para-hydroxylation sites is 1. The molecule has 0 atom stereocenters. The molecular weight excluding hydrogens is 326 g/mol. The van der Waals surface area contributed by atoms with Gasteiger partial charge in [-0.1, -0.05) is 18.2 Å². The molecular formula is C20H29N5O. The largest absolute Gasteiger partial charge is 0.335 e. The molecule has 0 spiro atoms. The zero-order valence-corrected chi connectivity index (χ0v) is 15.9. The highest BCUT2D eigenvalue weighted by atomic mass is 16.2. The smallest absolute Gasteiger partial charge is 0.319 e. The molecule has 1 aromatic carbocycles. The van der Waals surface area contributed by atoms with Crippen molar-refractivity contribution >= 4 is 11.7 Å². The number of hydrogen-bond acceptors (Lipinski definition) is 3. The lowest BCUT2D eigenvalue weighted by atomic mass is 9.86. The van der Waals surface area contributed by atoms with Crippen molar-refractivity contribution in [1.29, 1.82) is 0 Å². The molecule has 0 radical (unpaired) electrons. The fourth-order valence-electron chi connectivity index (χ4n) is 3.65. The molecule has 2 N–H and O–H groups in total. The van der Waals surface area contributed by atoms with E-state index in [0.717, 1.165) is 42.4 Å². The molecule has 1 aliphatic carbocycles. The average molecular weight is 355 g/mol. The van der Waals surface area contributed by atoms with E-state index in [9.17, 15) is 4.79 Å². The van der Waals surface area contributed by atoms with Gasteiger partial charge < -0.3 is 15.5 Å². The summed E-state index contributed by atoms with van der Waals surface area (Å²) in [6, 6.07) is 10.0. The lowest BCUT2D eigenvalue weighted by Gasteiger charge is -2.30. The highest BCUT2D eigenvalue weighted by Gasteiger charge is 2.23. The molecule has 140 valence electrons. The molecule has 1 fully saturated rings. The number of nitrogens with zero attached hydrogens (tertiary/aromatic N) is 3. The van der Waals surface area contributed by atoms with Crippen molar-refractivity contribution < 1.29 is 4.79 Å². The minimum Gasteiger partial charge on any atom is -0.335 e. The summed E-state index contributed by atoms with van der Waals surface area (Å²) in [5.41, 5.74) is 2.52. The minimum atomic E-state index is -0.142. The van der Waals surface area contributed by atoms with Gasteiger partial charge in [-0.3, -0.25) is 0 Å². The van der Waals surface area contributed by atoms with Crippen LogP contribution in [0.3, 0.4) is 0 Å². The van der Waals surface area contributed by atoms with Gasteiger partial charge in [0.1, 0.15) is 0 Å². The van der Waals surface area contributed by atoms with Gasteiger partial charge in [0.05, 0.1) is 23.3 Å². The van der Waals surface area contributed by atoms with Crippen LogP contribution in [0.1, 0.15) is 31.4 Å². The van der Waals surface area contributed by atoms with Gasteiger partial charge in [-0.05, 0) is 64.8 Å². The molecule has 0 saturated heterocycles. The monoisotopic (exact) mass is 355 g/mol. The number of carbonyl (C=O) groups is 1. The van der Waals surface area contributed by atoms with E-state index >= 15 is 0 Å². The topological polar surface area (TPSA) is 62.2 Å². The van der Waals surface area contributed by atoms with E-state index in [1.165, 1.54) is 12.8 Å². The molecule has 1 saturated carbocycles. The fraction of sp³-hybridized carbons (Fsp3) is 0.500. The van der Waals surface area contributed by atoms with Crippen molar-refractivity contribution in [2.45, 2.75) is 38.6 Å². The van der Waals surface area contributed by atoms with Crippen LogP contribution in [0.15, 0.2) is 36.5 Å².